The van der Waals surface area contributed by atoms with Crippen LogP contribution in [0.3, 0.4) is 0 Å². The number of carbonyl (C=O) groups is 2. The average Bonchev–Trinajstić information content (AvgIpc) is 3.60. The molecular formula is C48H50F6N4O3. The van der Waals surface area contributed by atoms with Gasteiger partial charge in [-0.2, -0.15) is 36.6 Å². The standard InChI is InChI=1S/C48H50F6N4O3/c1-43(2,3)33-23-27(24-34(41(33)59)44(4,5)6)39(57-55-31-17-13-29(14-18-31)47(49,50)51)37-21-22-38(61-37)40(58-56-32-19-15-30(16-20-32)48(52,53)54)28-25-35(45(7,8)9)42(60)36(26-28)46(10,11)12/h13-26H,1-12H3. The van der Waals surface area contributed by atoms with Gasteiger partial charge in [-0.1, -0.05) is 83.1 Å². The zero-order valence-corrected chi connectivity index (χ0v) is 36.4. The summed E-state index contributed by atoms with van der Waals surface area (Å²) >= 11 is 0. The fraction of sp³-hybridized carbons (Fsp3) is 0.375. The van der Waals surface area contributed by atoms with Crippen LogP contribution in [0.2, 0.25) is 0 Å². The first-order valence-electron chi connectivity index (χ1n) is 19.6. The summed E-state index contributed by atoms with van der Waals surface area (Å²) in [7, 11) is 0. The number of hydrogen-bond donors (Lipinski definition) is 0. The Bertz CT molecular complexity index is 2230. The van der Waals surface area contributed by atoms with E-state index in [1.54, 1.807) is 36.4 Å². The van der Waals surface area contributed by atoms with E-state index in [9.17, 15) is 35.9 Å². The topological polar surface area (TPSA) is 96.7 Å². The first-order valence-corrected chi connectivity index (χ1v) is 19.6. The van der Waals surface area contributed by atoms with Crippen LogP contribution in [0.5, 0.6) is 0 Å². The maximum atomic E-state index is 13.9. The number of Topliss-reactive ketones (excluding diaryl/α,β-unsaturated/α-hetero) is 2. The number of furan rings is 1. The summed E-state index contributed by atoms with van der Waals surface area (Å²) in [5, 5.41) is 17.7. The van der Waals surface area contributed by atoms with E-state index >= 15 is 0 Å². The lowest BCUT2D eigenvalue weighted by Crippen LogP contribution is -2.28. The lowest BCUT2D eigenvalue weighted by atomic mass is 9.71. The van der Waals surface area contributed by atoms with Gasteiger partial charge in [-0.25, -0.2) is 0 Å². The highest BCUT2D eigenvalue weighted by Gasteiger charge is 2.37. The minimum absolute atomic E-state index is 0.115. The molecule has 0 aliphatic heterocycles. The third-order valence-electron chi connectivity index (χ3n) is 9.95. The third-order valence-corrected chi connectivity index (χ3v) is 9.95. The van der Waals surface area contributed by atoms with Crippen molar-refractivity contribution < 1.29 is 40.3 Å². The van der Waals surface area contributed by atoms with Crippen LogP contribution >= 0.6 is 0 Å². The molecule has 3 aromatic rings. The van der Waals surface area contributed by atoms with Crippen LogP contribution in [0, 0.1) is 21.7 Å². The number of nitrogens with zero attached hydrogens (tertiary/aromatic N) is 4. The fourth-order valence-electron chi connectivity index (χ4n) is 6.50. The highest BCUT2D eigenvalue weighted by Crippen LogP contribution is 2.44. The molecule has 5 rings (SSSR count). The predicted octanol–water partition coefficient (Wildman–Crippen LogP) is 15.4. The van der Waals surface area contributed by atoms with Crippen LogP contribution in [-0.2, 0) is 21.9 Å². The van der Waals surface area contributed by atoms with Gasteiger partial charge in [0, 0.05) is 33.4 Å². The van der Waals surface area contributed by atoms with E-state index in [1.165, 1.54) is 24.3 Å². The van der Waals surface area contributed by atoms with Gasteiger partial charge >= 0.3 is 12.4 Å². The molecule has 0 saturated carbocycles. The predicted molar refractivity (Wildman–Crippen MR) is 225 cm³/mol. The summed E-state index contributed by atoms with van der Waals surface area (Å²) in [6, 6.07) is 11.5. The van der Waals surface area contributed by atoms with E-state index < -0.39 is 45.1 Å². The maximum Gasteiger partial charge on any atom is 0.416 e. The van der Waals surface area contributed by atoms with E-state index in [1.807, 2.05) is 83.1 Å². The number of benzene rings is 2. The van der Waals surface area contributed by atoms with Crippen molar-refractivity contribution in [3.63, 3.8) is 0 Å². The number of ketones is 2. The zero-order valence-electron chi connectivity index (χ0n) is 36.4. The first-order chi connectivity index (χ1) is 27.9. The molecule has 2 aliphatic rings. The van der Waals surface area contributed by atoms with Gasteiger partial charge in [-0.05, 0) is 107 Å². The van der Waals surface area contributed by atoms with Gasteiger partial charge in [0.25, 0.3) is 0 Å². The van der Waals surface area contributed by atoms with Crippen molar-refractivity contribution in [2.75, 3.05) is 0 Å². The largest absolute Gasteiger partial charge is 0.453 e. The quantitative estimate of drug-likeness (QED) is 0.183. The molecule has 7 nitrogen and oxygen atoms in total. The number of rotatable bonds is 6. The second-order valence-corrected chi connectivity index (χ2v) is 19.2. The monoisotopic (exact) mass is 844 g/mol. The molecule has 0 N–H and O–H groups in total. The number of allylic oxidation sites excluding steroid dienone is 10. The molecule has 1 heterocycles. The van der Waals surface area contributed by atoms with Crippen molar-refractivity contribution in [1.29, 1.82) is 0 Å². The van der Waals surface area contributed by atoms with E-state index in [4.69, 9.17) is 4.42 Å². The molecule has 2 aliphatic carbocycles. The average molecular weight is 845 g/mol. The molecule has 61 heavy (non-hydrogen) atoms. The summed E-state index contributed by atoms with van der Waals surface area (Å²) in [5.41, 5.74) is -0.800. The molecule has 0 radical (unpaired) electrons. The Hall–Kier alpha value is -5.72. The number of carbonyl (C=O) groups excluding carboxylic acids is 2. The smallest absolute Gasteiger partial charge is 0.416 e. The van der Waals surface area contributed by atoms with Crippen LogP contribution in [0.1, 0.15) is 106 Å². The van der Waals surface area contributed by atoms with Gasteiger partial charge in [-0.15, -0.1) is 10.2 Å². The first kappa shape index (κ1) is 46.3. The minimum Gasteiger partial charge on any atom is -0.453 e. The maximum absolute atomic E-state index is 13.9. The Morgan fingerprint density at radius 2 is 0.689 bits per heavy atom. The second kappa shape index (κ2) is 16.3. The number of halogens is 6. The molecule has 1 aromatic heterocycles. The third kappa shape index (κ3) is 10.8. The van der Waals surface area contributed by atoms with E-state index in [0.29, 0.717) is 33.4 Å². The van der Waals surface area contributed by atoms with Crippen LogP contribution in [0.4, 0.5) is 37.7 Å². The lowest BCUT2D eigenvalue weighted by molar-refractivity contribution is -0.138. The van der Waals surface area contributed by atoms with Crippen LogP contribution in [0.15, 0.2) is 143 Å². The van der Waals surface area contributed by atoms with Gasteiger partial charge in [-0.3, -0.25) is 9.59 Å². The van der Waals surface area contributed by atoms with Crippen molar-refractivity contribution in [3.8, 4) is 0 Å². The fourth-order valence-corrected chi connectivity index (χ4v) is 6.50. The van der Waals surface area contributed by atoms with E-state index in [0.717, 1.165) is 24.3 Å². The molecule has 13 heteroatoms. The highest BCUT2D eigenvalue weighted by molar-refractivity contribution is 6.13. The summed E-state index contributed by atoms with van der Waals surface area (Å²) in [6.07, 6.45) is -2.31. The highest BCUT2D eigenvalue weighted by atomic mass is 19.4. The molecule has 0 spiro atoms. The molecule has 2 aromatic carbocycles. The molecule has 0 atom stereocenters. The Balaban J connectivity index is 1.81. The Kier molecular flexibility index (Phi) is 12.4. The van der Waals surface area contributed by atoms with E-state index in [-0.39, 0.29) is 45.9 Å². The lowest BCUT2D eigenvalue weighted by Gasteiger charge is -2.31. The SMILES string of the molecule is CC(C)(C)C1=CC(=C(N=Nc2ccc(C(F)(F)F)cc2)c2ccc(C(N=Nc3ccc(C(F)(F)F)cc3)=C3C=C(C(C)(C)C)C(=O)C(C(C)(C)C)=C3)o2)C=C(C(C)(C)C)C1=O. The van der Waals surface area contributed by atoms with Crippen molar-refractivity contribution in [2.24, 2.45) is 42.1 Å². The van der Waals surface area contributed by atoms with Crippen LogP contribution < -0.4 is 0 Å². The molecule has 0 amide bonds. The minimum atomic E-state index is -4.56. The molecule has 0 bridgehead atoms. The number of hydrogen-bond acceptors (Lipinski definition) is 7. The summed E-state index contributed by atoms with van der Waals surface area (Å²) in [6.45, 7) is 22.9. The normalized spacial score (nSPS) is 16.3. The summed E-state index contributed by atoms with van der Waals surface area (Å²) in [5.74, 6) is -0.0146. The van der Waals surface area contributed by atoms with Crippen molar-refractivity contribution in [2.45, 2.75) is 95.4 Å². The van der Waals surface area contributed by atoms with E-state index in [2.05, 4.69) is 20.5 Å². The van der Waals surface area contributed by atoms with Gasteiger partial charge in [0.1, 0.15) is 11.4 Å². The van der Waals surface area contributed by atoms with Gasteiger partial charge in [0.2, 0.25) is 0 Å². The molecule has 322 valence electrons. The number of alkyl halides is 6. The van der Waals surface area contributed by atoms with Crippen LogP contribution in [-0.4, -0.2) is 11.6 Å². The number of azo groups is 2. The van der Waals surface area contributed by atoms with Crippen LogP contribution in [0.25, 0.3) is 11.4 Å². The molecule has 0 saturated heterocycles. The van der Waals surface area contributed by atoms with Gasteiger partial charge in [0.15, 0.2) is 23.1 Å². The Labute approximate surface area is 352 Å². The molecular weight excluding hydrogens is 795 g/mol. The molecule has 0 unspecified atom stereocenters. The zero-order chi connectivity index (χ0) is 45.7. The van der Waals surface area contributed by atoms with Gasteiger partial charge in [0.05, 0.1) is 22.5 Å². The summed E-state index contributed by atoms with van der Waals surface area (Å²) in [4.78, 5) is 27.8. The Morgan fingerprint density at radius 3 is 0.918 bits per heavy atom. The summed E-state index contributed by atoms with van der Waals surface area (Å²) < 4.78 is 86.9. The van der Waals surface area contributed by atoms with Crippen molar-refractivity contribution in [3.05, 3.63) is 141 Å². The molecule has 0 fully saturated rings. The Morgan fingerprint density at radius 1 is 0.426 bits per heavy atom. The van der Waals surface area contributed by atoms with Gasteiger partial charge < -0.3 is 4.42 Å². The van der Waals surface area contributed by atoms with Crippen molar-refractivity contribution >= 4 is 34.3 Å². The van der Waals surface area contributed by atoms with Crippen molar-refractivity contribution in [1.82, 2.24) is 0 Å². The second-order valence-electron chi connectivity index (χ2n) is 19.2.